The summed E-state index contributed by atoms with van der Waals surface area (Å²) in [7, 11) is 0. The highest BCUT2D eigenvalue weighted by molar-refractivity contribution is 5.68. The average molecular weight is 260 g/mol. The second-order valence-corrected chi connectivity index (χ2v) is 6.17. The summed E-state index contributed by atoms with van der Waals surface area (Å²) < 4.78 is 10.0. The molecule has 0 saturated heterocycles. The van der Waals surface area contributed by atoms with E-state index in [1.165, 1.54) is 0 Å². The minimum absolute atomic E-state index is 0.154. The molecule has 0 aromatic rings. The van der Waals surface area contributed by atoms with Crippen LogP contribution in [-0.2, 0) is 9.47 Å². The zero-order chi connectivity index (χ0) is 14.6. The highest BCUT2D eigenvalue weighted by Gasteiger charge is 2.28. The van der Waals surface area contributed by atoms with Crippen molar-refractivity contribution in [1.29, 1.82) is 0 Å². The molecule has 0 spiro atoms. The minimum atomic E-state index is -0.860. The largest absolute Gasteiger partial charge is 0.444 e. The van der Waals surface area contributed by atoms with Crippen LogP contribution in [0.4, 0.5) is 9.59 Å². The molecule has 0 bridgehead atoms. The standard InChI is InChI=1S/C12H24N2O4/c1-11(2,3)8(17-9(13)15)7-14-10(16)18-12(4,5)6/h8H,7H2,1-6H3,(H2,13,15)(H,14,16). The van der Waals surface area contributed by atoms with E-state index in [1.54, 1.807) is 20.8 Å². The first-order chi connectivity index (χ1) is 7.92. The van der Waals surface area contributed by atoms with E-state index in [2.05, 4.69) is 5.32 Å². The molecule has 0 aliphatic carbocycles. The van der Waals surface area contributed by atoms with Crippen LogP contribution in [0, 0.1) is 5.41 Å². The first-order valence-corrected chi connectivity index (χ1v) is 5.85. The lowest BCUT2D eigenvalue weighted by atomic mass is 9.89. The smallest absolute Gasteiger partial charge is 0.407 e. The van der Waals surface area contributed by atoms with E-state index in [0.717, 1.165) is 0 Å². The number of ether oxygens (including phenoxy) is 2. The van der Waals surface area contributed by atoms with E-state index in [9.17, 15) is 9.59 Å². The summed E-state index contributed by atoms with van der Waals surface area (Å²) in [6, 6.07) is 0. The van der Waals surface area contributed by atoms with Crippen LogP contribution in [0.25, 0.3) is 0 Å². The topological polar surface area (TPSA) is 90.7 Å². The fraction of sp³-hybridized carbons (Fsp3) is 0.833. The summed E-state index contributed by atoms with van der Waals surface area (Å²) in [6.07, 6.45) is -1.92. The van der Waals surface area contributed by atoms with Gasteiger partial charge in [-0.3, -0.25) is 0 Å². The molecule has 2 amide bonds. The van der Waals surface area contributed by atoms with Crippen molar-refractivity contribution in [2.45, 2.75) is 53.2 Å². The summed E-state index contributed by atoms with van der Waals surface area (Å²) >= 11 is 0. The van der Waals surface area contributed by atoms with E-state index in [4.69, 9.17) is 15.2 Å². The third-order valence-corrected chi connectivity index (χ3v) is 2.06. The van der Waals surface area contributed by atoms with Crippen LogP contribution in [0.15, 0.2) is 0 Å². The zero-order valence-corrected chi connectivity index (χ0v) is 12.0. The predicted molar refractivity (Wildman–Crippen MR) is 68.1 cm³/mol. The number of nitrogens with one attached hydrogen (secondary N) is 1. The molecule has 0 aromatic carbocycles. The Bertz CT molecular complexity index is 302. The molecule has 18 heavy (non-hydrogen) atoms. The van der Waals surface area contributed by atoms with E-state index >= 15 is 0 Å². The molecule has 6 heteroatoms. The lowest BCUT2D eigenvalue weighted by Gasteiger charge is -2.30. The van der Waals surface area contributed by atoms with Crippen LogP contribution in [0.1, 0.15) is 41.5 Å². The van der Waals surface area contributed by atoms with Gasteiger partial charge in [0.2, 0.25) is 0 Å². The van der Waals surface area contributed by atoms with Gasteiger partial charge >= 0.3 is 12.2 Å². The molecular weight excluding hydrogens is 236 g/mol. The van der Waals surface area contributed by atoms with Gasteiger partial charge in [0, 0.05) is 5.41 Å². The summed E-state index contributed by atoms with van der Waals surface area (Å²) in [4.78, 5) is 22.3. The number of hydrogen-bond donors (Lipinski definition) is 2. The van der Waals surface area contributed by atoms with Crippen molar-refractivity contribution in [3.05, 3.63) is 0 Å². The van der Waals surface area contributed by atoms with E-state index < -0.39 is 23.9 Å². The number of primary amides is 1. The van der Waals surface area contributed by atoms with Gasteiger partial charge in [0.05, 0.1) is 6.54 Å². The number of carbonyl (C=O) groups excluding carboxylic acids is 2. The van der Waals surface area contributed by atoms with Crippen LogP contribution >= 0.6 is 0 Å². The van der Waals surface area contributed by atoms with Gasteiger partial charge < -0.3 is 20.5 Å². The Kier molecular flexibility index (Phi) is 5.45. The summed E-state index contributed by atoms with van der Waals surface area (Å²) in [6.45, 7) is 11.1. The molecule has 0 rings (SSSR count). The van der Waals surface area contributed by atoms with E-state index in [1.807, 2.05) is 20.8 Å². The third kappa shape index (κ3) is 7.76. The van der Waals surface area contributed by atoms with Crippen molar-refractivity contribution in [2.24, 2.45) is 11.1 Å². The van der Waals surface area contributed by atoms with E-state index in [0.29, 0.717) is 0 Å². The lowest BCUT2D eigenvalue weighted by Crippen LogP contribution is -2.44. The zero-order valence-electron chi connectivity index (χ0n) is 12.0. The van der Waals surface area contributed by atoms with Crippen LogP contribution in [0.3, 0.4) is 0 Å². The fourth-order valence-electron chi connectivity index (χ4n) is 1.16. The second-order valence-electron chi connectivity index (χ2n) is 6.17. The first-order valence-electron chi connectivity index (χ1n) is 5.85. The van der Waals surface area contributed by atoms with Gasteiger partial charge in [0.15, 0.2) is 0 Å². The van der Waals surface area contributed by atoms with Crippen molar-refractivity contribution >= 4 is 12.2 Å². The summed E-state index contributed by atoms with van der Waals surface area (Å²) in [5.74, 6) is 0. The molecule has 1 atom stereocenters. The number of carbonyl (C=O) groups is 2. The lowest BCUT2D eigenvalue weighted by molar-refractivity contribution is 0.0256. The Hall–Kier alpha value is -1.46. The molecule has 0 saturated carbocycles. The molecule has 0 fully saturated rings. The van der Waals surface area contributed by atoms with E-state index in [-0.39, 0.29) is 12.0 Å². The molecule has 3 N–H and O–H groups in total. The van der Waals surface area contributed by atoms with Crippen molar-refractivity contribution in [2.75, 3.05) is 6.54 Å². The molecule has 106 valence electrons. The number of rotatable bonds is 3. The fourth-order valence-corrected chi connectivity index (χ4v) is 1.16. The Morgan fingerprint density at radius 1 is 1.17 bits per heavy atom. The molecule has 6 nitrogen and oxygen atoms in total. The highest BCUT2D eigenvalue weighted by atomic mass is 16.6. The van der Waals surface area contributed by atoms with Crippen molar-refractivity contribution < 1.29 is 19.1 Å². The Morgan fingerprint density at radius 2 is 1.67 bits per heavy atom. The average Bonchev–Trinajstić information content (AvgIpc) is 2.06. The number of amides is 2. The Balaban J connectivity index is 4.36. The van der Waals surface area contributed by atoms with Gasteiger partial charge in [0.1, 0.15) is 11.7 Å². The maximum Gasteiger partial charge on any atom is 0.407 e. The maximum absolute atomic E-state index is 11.5. The van der Waals surface area contributed by atoms with Crippen molar-refractivity contribution in [1.82, 2.24) is 5.32 Å². The number of nitrogens with two attached hydrogens (primary N) is 1. The van der Waals surface area contributed by atoms with Gasteiger partial charge in [-0.25, -0.2) is 9.59 Å². The van der Waals surface area contributed by atoms with Crippen molar-refractivity contribution in [3.63, 3.8) is 0 Å². The van der Waals surface area contributed by atoms with Crippen LogP contribution in [-0.4, -0.2) is 30.4 Å². The Labute approximate surface area is 108 Å². The van der Waals surface area contributed by atoms with Gasteiger partial charge in [-0.15, -0.1) is 0 Å². The monoisotopic (exact) mass is 260 g/mol. The summed E-state index contributed by atoms with van der Waals surface area (Å²) in [5, 5.41) is 2.56. The number of alkyl carbamates (subject to hydrolysis) is 1. The number of hydrogen-bond acceptors (Lipinski definition) is 4. The maximum atomic E-state index is 11.5. The molecule has 0 radical (unpaired) electrons. The Morgan fingerprint density at radius 3 is 2.00 bits per heavy atom. The van der Waals surface area contributed by atoms with Gasteiger partial charge in [-0.05, 0) is 20.8 Å². The molecule has 1 unspecified atom stereocenters. The van der Waals surface area contributed by atoms with Crippen LogP contribution < -0.4 is 11.1 Å². The molecular formula is C12H24N2O4. The normalized spacial score (nSPS) is 13.7. The predicted octanol–water partition coefficient (Wildman–Crippen LogP) is 2.02. The van der Waals surface area contributed by atoms with Crippen LogP contribution in [0.5, 0.6) is 0 Å². The first kappa shape index (κ1) is 16.5. The molecule has 0 heterocycles. The SMILES string of the molecule is CC(C)(C)OC(=O)NCC(OC(N)=O)C(C)(C)C. The highest BCUT2D eigenvalue weighted by Crippen LogP contribution is 2.21. The quantitative estimate of drug-likeness (QED) is 0.812. The van der Waals surface area contributed by atoms with Gasteiger partial charge in [-0.2, -0.15) is 0 Å². The minimum Gasteiger partial charge on any atom is -0.444 e. The van der Waals surface area contributed by atoms with Crippen LogP contribution in [0.2, 0.25) is 0 Å². The molecule has 0 aromatic heterocycles. The third-order valence-electron chi connectivity index (χ3n) is 2.06. The van der Waals surface area contributed by atoms with Gasteiger partial charge in [0.25, 0.3) is 0 Å². The second kappa shape index (κ2) is 5.93. The molecule has 0 aliphatic rings. The van der Waals surface area contributed by atoms with Crippen molar-refractivity contribution in [3.8, 4) is 0 Å². The summed E-state index contributed by atoms with van der Waals surface area (Å²) in [5.41, 5.74) is 4.10. The molecule has 0 aliphatic heterocycles. The van der Waals surface area contributed by atoms with Gasteiger partial charge in [-0.1, -0.05) is 20.8 Å².